The second kappa shape index (κ2) is 8.52. The minimum absolute atomic E-state index is 0.0289. The number of hydrogen-bond acceptors (Lipinski definition) is 2. The second-order valence-corrected chi connectivity index (χ2v) is 8.17. The first kappa shape index (κ1) is 19.3. The number of likely N-dealkylation sites (tertiary alicyclic amines) is 1. The standard InChI is InChI=1S/C23H22Cl2N2O/c24-19-11-10-17(21(25)13-19)14-27-12-4-7-18(15-27)23(28)26-22-9-3-6-16-5-1-2-8-20(16)22/h1-3,5-6,8-11,13,18H,4,7,12,14-15H2,(H,26,28)/t18-/m0/s1. The predicted molar refractivity (Wildman–Crippen MR) is 117 cm³/mol. The van der Waals surface area contributed by atoms with E-state index in [0.717, 1.165) is 54.5 Å². The molecule has 3 aromatic rings. The van der Waals surface area contributed by atoms with Gasteiger partial charge in [0.2, 0.25) is 5.91 Å². The Hall–Kier alpha value is -2.07. The van der Waals surface area contributed by atoms with Crippen molar-refractivity contribution in [3.05, 3.63) is 76.3 Å². The number of carbonyl (C=O) groups is 1. The van der Waals surface area contributed by atoms with Crippen LogP contribution < -0.4 is 5.32 Å². The molecule has 0 aromatic heterocycles. The molecular weight excluding hydrogens is 391 g/mol. The van der Waals surface area contributed by atoms with Crippen LogP contribution in [0.1, 0.15) is 18.4 Å². The molecule has 1 fully saturated rings. The van der Waals surface area contributed by atoms with E-state index in [2.05, 4.69) is 22.3 Å². The average molecular weight is 413 g/mol. The van der Waals surface area contributed by atoms with Gasteiger partial charge in [-0.3, -0.25) is 9.69 Å². The van der Waals surface area contributed by atoms with E-state index in [0.29, 0.717) is 10.0 Å². The summed E-state index contributed by atoms with van der Waals surface area (Å²) in [4.78, 5) is 15.2. The van der Waals surface area contributed by atoms with E-state index in [4.69, 9.17) is 23.2 Å². The first-order valence-electron chi connectivity index (χ1n) is 9.55. The van der Waals surface area contributed by atoms with Crippen molar-refractivity contribution in [3.8, 4) is 0 Å². The first-order valence-corrected chi connectivity index (χ1v) is 10.3. The number of piperidine rings is 1. The largest absolute Gasteiger partial charge is 0.325 e. The lowest BCUT2D eigenvalue weighted by Crippen LogP contribution is -2.40. The Labute approximate surface area is 175 Å². The maximum atomic E-state index is 12.9. The van der Waals surface area contributed by atoms with Crippen LogP contribution in [0.15, 0.2) is 60.7 Å². The van der Waals surface area contributed by atoms with Gasteiger partial charge in [-0.2, -0.15) is 0 Å². The molecule has 28 heavy (non-hydrogen) atoms. The van der Waals surface area contributed by atoms with Gasteiger partial charge in [0.05, 0.1) is 5.92 Å². The van der Waals surface area contributed by atoms with Gasteiger partial charge >= 0.3 is 0 Å². The molecule has 3 aromatic carbocycles. The molecule has 144 valence electrons. The van der Waals surface area contributed by atoms with Crippen molar-refractivity contribution < 1.29 is 4.79 Å². The maximum absolute atomic E-state index is 12.9. The molecule has 1 aliphatic heterocycles. The van der Waals surface area contributed by atoms with Crippen molar-refractivity contribution in [1.29, 1.82) is 0 Å². The molecule has 1 amide bonds. The summed E-state index contributed by atoms with van der Waals surface area (Å²) in [7, 11) is 0. The zero-order chi connectivity index (χ0) is 19.5. The fourth-order valence-corrected chi connectivity index (χ4v) is 4.34. The van der Waals surface area contributed by atoms with Crippen molar-refractivity contribution in [2.24, 2.45) is 5.92 Å². The lowest BCUT2D eigenvalue weighted by molar-refractivity contribution is -0.121. The van der Waals surface area contributed by atoms with Crippen molar-refractivity contribution in [3.63, 3.8) is 0 Å². The van der Waals surface area contributed by atoms with Crippen molar-refractivity contribution in [2.45, 2.75) is 19.4 Å². The van der Waals surface area contributed by atoms with Crippen LogP contribution in [-0.2, 0) is 11.3 Å². The summed E-state index contributed by atoms with van der Waals surface area (Å²) >= 11 is 12.3. The van der Waals surface area contributed by atoms with Gasteiger partial charge in [-0.25, -0.2) is 0 Å². The molecular formula is C23H22Cl2N2O. The Morgan fingerprint density at radius 1 is 1.07 bits per heavy atom. The van der Waals surface area contributed by atoms with E-state index in [1.807, 2.05) is 42.5 Å². The molecule has 1 saturated heterocycles. The van der Waals surface area contributed by atoms with Gasteiger partial charge in [-0.15, -0.1) is 0 Å². The van der Waals surface area contributed by atoms with Crippen molar-refractivity contribution in [1.82, 2.24) is 4.90 Å². The van der Waals surface area contributed by atoms with Gasteiger partial charge in [-0.05, 0) is 48.5 Å². The van der Waals surface area contributed by atoms with Gasteiger partial charge in [-0.1, -0.05) is 65.7 Å². The molecule has 0 saturated carbocycles. The van der Waals surface area contributed by atoms with Gasteiger partial charge < -0.3 is 5.32 Å². The number of nitrogens with zero attached hydrogens (tertiary/aromatic N) is 1. The summed E-state index contributed by atoms with van der Waals surface area (Å²) in [5.74, 6) is 0.0575. The van der Waals surface area contributed by atoms with E-state index in [-0.39, 0.29) is 11.8 Å². The molecule has 0 radical (unpaired) electrons. The third-order valence-electron chi connectivity index (χ3n) is 5.33. The fourth-order valence-electron chi connectivity index (χ4n) is 3.87. The highest BCUT2D eigenvalue weighted by Gasteiger charge is 2.26. The summed E-state index contributed by atoms with van der Waals surface area (Å²) in [6, 6.07) is 19.7. The number of rotatable bonds is 4. The number of anilines is 1. The molecule has 1 atom stereocenters. The SMILES string of the molecule is O=C(Nc1cccc2ccccc12)[C@H]1CCCN(Cc2ccc(Cl)cc2Cl)C1. The number of hydrogen-bond donors (Lipinski definition) is 1. The summed E-state index contributed by atoms with van der Waals surface area (Å²) in [5, 5.41) is 6.66. The topological polar surface area (TPSA) is 32.3 Å². The van der Waals surface area contributed by atoms with Crippen LogP contribution >= 0.6 is 23.2 Å². The normalized spacial score (nSPS) is 17.6. The quantitative estimate of drug-likeness (QED) is 0.569. The number of carbonyl (C=O) groups excluding carboxylic acids is 1. The van der Waals surface area contributed by atoms with E-state index >= 15 is 0 Å². The monoisotopic (exact) mass is 412 g/mol. The molecule has 4 rings (SSSR count). The Bertz CT molecular complexity index is 1000. The zero-order valence-corrected chi connectivity index (χ0v) is 17.0. The number of nitrogens with one attached hydrogen (secondary N) is 1. The van der Waals surface area contributed by atoms with Gasteiger partial charge in [0.1, 0.15) is 0 Å². The second-order valence-electron chi connectivity index (χ2n) is 7.33. The molecule has 0 aliphatic carbocycles. The molecule has 0 bridgehead atoms. The molecule has 0 unspecified atom stereocenters. The third-order valence-corrected chi connectivity index (χ3v) is 5.92. The third kappa shape index (κ3) is 4.33. The molecule has 1 aliphatic rings. The number of fused-ring (bicyclic) bond motifs is 1. The molecule has 0 spiro atoms. The Kier molecular flexibility index (Phi) is 5.86. The van der Waals surface area contributed by atoms with Crippen molar-refractivity contribution >= 4 is 45.6 Å². The van der Waals surface area contributed by atoms with E-state index in [1.165, 1.54) is 0 Å². The summed E-state index contributed by atoms with van der Waals surface area (Å²) in [5.41, 5.74) is 1.92. The van der Waals surface area contributed by atoms with E-state index in [9.17, 15) is 4.79 Å². The Balaban J connectivity index is 1.44. The van der Waals surface area contributed by atoms with Crippen molar-refractivity contribution in [2.75, 3.05) is 18.4 Å². The first-order chi connectivity index (χ1) is 13.6. The summed E-state index contributed by atoms with van der Waals surface area (Å²) in [6.07, 6.45) is 1.90. The van der Waals surface area contributed by atoms with Crippen LogP contribution in [0, 0.1) is 5.92 Å². The minimum Gasteiger partial charge on any atom is -0.325 e. The number of amides is 1. The summed E-state index contributed by atoms with van der Waals surface area (Å²) < 4.78 is 0. The Morgan fingerprint density at radius 2 is 1.89 bits per heavy atom. The van der Waals surface area contributed by atoms with Crippen LogP contribution in [-0.4, -0.2) is 23.9 Å². The van der Waals surface area contributed by atoms with Gasteiger partial charge in [0.25, 0.3) is 0 Å². The highest BCUT2D eigenvalue weighted by Crippen LogP contribution is 2.27. The van der Waals surface area contributed by atoms with E-state index < -0.39 is 0 Å². The van der Waals surface area contributed by atoms with Crippen LogP contribution in [0.2, 0.25) is 10.0 Å². The van der Waals surface area contributed by atoms with Crippen LogP contribution in [0.3, 0.4) is 0 Å². The summed E-state index contributed by atoms with van der Waals surface area (Å²) in [6.45, 7) is 2.43. The molecule has 1 heterocycles. The lowest BCUT2D eigenvalue weighted by atomic mass is 9.96. The lowest BCUT2D eigenvalue weighted by Gasteiger charge is -2.32. The fraction of sp³-hybridized carbons (Fsp3) is 0.261. The van der Waals surface area contributed by atoms with E-state index in [1.54, 1.807) is 6.07 Å². The highest BCUT2D eigenvalue weighted by molar-refractivity contribution is 6.35. The molecule has 1 N–H and O–H groups in total. The van der Waals surface area contributed by atoms with Crippen LogP contribution in [0.5, 0.6) is 0 Å². The molecule has 3 nitrogen and oxygen atoms in total. The Morgan fingerprint density at radius 3 is 2.75 bits per heavy atom. The van der Waals surface area contributed by atoms with Gasteiger partial charge in [0, 0.05) is 34.2 Å². The zero-order valence-electron chi connectivity index (χ0n) is 15.5. The van der Waals surface area contributed by atoms with Crippen LogP contribution in [0.25, 0.3) is 10.8 Å². The predicted octanol–water partition coefficient (Wildman–Crippen LogP) is 6.00. The average Bonchev–Trinajstić information content (AvgIpc) is 2.71. The van der Waals surface area contributed by atoms with Crippen LogP contribution in [0.4, 0.5) is 5.69 Å². The number of benzene rings is 3. The minimum atomic E-state index is -0.0289. The number of halogens is 2. The van der Waals surface area contributed by atoms with Gasteiger partial charge in [0.15, 0.2) is 0 Å². The molecule has 5 heteroatoms. The smallest absolute Gasteiger partial charge is 0.228 e. The highest BCUT2D eigenvalue weighted by atomic mass is 35.5. The maximum Gasteiger partial charge on any atom is 0.228 e.